The minimum absolute atomic E-state index is 0.0606. The second-order valence-corrected chi connectivity index (χ2v) is 8.68. The molecule has 1 aliphatic rings. The Morgan fingerprint density at radius 2 is 1.77 bits per heavy atom. The standard InChI is InChI=1S/C24H24N2O3S/c1-29-21-11-8-18-15-23(17-6-4-3-5-7-17)26(16-19(18)14-21)24(27)25-20-9-12-22(13-10-20)30(2)28/h3-14,23H,15-16H2,1-2H3,(H,25,27)/t23-,30+/m1/s1. The van der Waals surface area contributed by atoms with E-state index in [1.165, 1.54) is 5.56 Å². The lowest BCUT2D eigenvalue weighted by Crippen LogP contribution is -2.41. The molecule has 0 saturated heterocycles. The van der Waals surface area contributed by atoms with Gasteiger partial charge in [-0.3, -0.25) is 4.21 Å². The van der Waals surface area contributed by atoms with Crippen LogP contribution in [-0.4, -0.2) is 28.5 Å². The first kappa shape index (κ1) is 20.2. The fourth-order valence-corrected chi connectivity index (χ4v) is 4.32. The molecule has 3 aromatic carbocycles. The van der Waals surface area contributed by atoms with Gasteiger partial charge < -0.3 is 15.0 Å². The van der Waals surface area contributed by atoms with Crippen LogP contribution in [0.25, 0.3) is 0 Å². The van der Waals surface area contributed by atoms with E-state index in [0.29, 0.717) is 12.2 Å². The van der Waals surface area contributed by atoms with E-state index in [0.717, 1.165) is 28.2 Å². The van der Waals surface area contributed by atoms with E-state index >= 15 is 0 Å². The lowest BCUT2D eigenvalue weighted by atomic mass is 9.90. The molecule has 0 radical (unpaired) electrons. The van der Waals surface area contributed by atoms with Crippen LogP contribution in [0, 0.1) is 0 Å². The molecule has 1 N–H and O–H groups in total. The Morgan fingerprint density at radius 1 is 1.03 bits per heavy atom. The predicted octanol–water partition coefficient (Wildman–Crippen LogP) is 4.76. The Morgan fingerprint density at radius 3 is 2.43 bits per heavy atom. The van der Waals surface area contributed by atoms with Crippen molar-refractivity contribution in [2.45, 2.75) is 23.9 Å². The highest BCUT2D eigenvalue weighted by molar-refractivity contribution is 7.84. The Kier molecular flexibility index (Phi) is 5.86. The van der Waals surface area contributed by atoms with Gasteiger partial charge in [0.25, 0.3) is 0 Å². The van der Waals surface area contributed by atoms with Gasteiger partial charge in [-0.05, 0) is 59.5 Å². The van der Waals surface area contributed by atoms with E-state index in [1.54, 1.807) is 37.6 Å². The number of carbonyl (C=O) groups excluding carboxylic acids is 1. The molecule has 0 saturated carbocycles. The number of ether oxygens (including phenoxy) is 1. The van der Waals surface area contributed by atoms with Gasteiger partial charge in [-0.25, -0.2) is 4.79 Å². The van der Waals surface area contributed by atoms with Gasteiger partial charge in [-0.2, -0.15) is 0 Å². The maximum absolute atomic E-state index is 13.3. The second-order valence-electron chi connectivity index (χ2n) is 7.30. The SMILES string of the molecule is COc1ccc2c(c1)CN(C(=O)Nc1ccc([S@](C)=O)cc1)[C@@H](c1ccccc1)C2. The zero-order valence-electron chi connectivity index (χ0n) is 17.0. The Balaban J connectivity index is 1.63. The molecule has 0 aliphatic carbocycles. The van der Waals surface area contributed by atoms with Gasteiger partial charge in [-0.1, -0.05) is 36.4 Å². The Bertz CT molecular complexity index is 1070. The molecular weight excluding hydrogens is 396 g/mol. The van der Waals surface area contributed by atoms with Gasteiger partial charge in [0.05, 0.1) is 13.2 Å². The van der Waals surface area contributed by atoms with E-state index < -0.39 is 10.8 Å². The van der Waals surface area contributed by atoms with E-state index in [-0.39, 0.29) is 12.1 Å². The molecule has 3 aromatic rings. The van der Waals surface area contributed by atoms with E-state index in [1.807, 2.05) is 35.2 Å². The van der Waals surface area contributed by atoms with Crippen LogP contribution in [0.15, 0.2) is 77.7 Å². The molecule has 0 fully saturated rings. The molecule has 0 spiro atoms. The lowest BCUT2D eigenvalue weighted by Gasteiger charge is -2.37. The van der Waals surface area contributed by atoms with E-state index in [2.05, 4.69) is 23.5 Å². The summed E-state index contributed by atoms with van der Waals surface area (Å²) in [6.07, 6.45) is 2.38. The summed E-state index contributed by atoms with van der Waals surface area (Å²) < 4.78 is 17.0. The third-order valence-electron chi connectivity index (χ3n) is 5.43. The molecule has 30 heavy (non-hydrogen) atoms. The summed E-state index contributed by atoms with van der Waals surface area (Å²) in [5.74, 6) is 0.787. The molecule has 0 aromatic heterocycles. The molecular formula is C24H24N2O3S. The van der Waals surface area contributed by atoms with Crippen LogP contribution in [0.5, 0.6) is 5.75 Å². The third kappa shape index (κ3) is 4.24. The van der Waals surface area contributed by atoms with Gasteiger partial charge in [0, 0.05) is 34.2 Å². The number of urea groups is 1. The topological polar surface area (TPSA) is 58.6 Å². The van der Waals surface area contributed by atoms with Crippen LogP contribution in [-0.2, 0) is 23.8 Å². The van der Waals surface area contributed by atoms with Crippen LogP contribution in [0.3, 0.4) is 0 Å². The average Bonchev–Trinajstić information content (AvgIpc) is 2.78. The minimum atomic E-state index is -1.05. The highest BCUT2D eigenvalue weighted by Crippen LogP contribution is 2.35. The van der Waals surface area contributed by atoms with Crippen LogP contribution in [0.1, 0.15) is 22.7 Å². The number of anilines is 1. The predicted molar refractivity (Wildman–Crippen MR) is 119 cm³/mol. The van der Waals surface area contributed by atoms with Crippen LogP contribution in [0.4, 0.5) is 10.5 Å². The summed E-state index contributed by atoms with van der Waals surface area (Å²) in [7, 11) is 0.600. The van der Waals surface area contributed by atoms with Crippen molar-refractivity contribution >= 4 is 22.5 Å². The van der Waals surface area contributed by atoms with Gasteiger partial charge in [-0.15, -0.1) is 0 Å². The molecule has 154 valence electrons. The quantitative estimate of drug-likeness (QED) is 0.662. The summed E-state index contributed by atoms with van der Waals surface area (Å²) in [6, 6.07) is 23.0. The summed E-state index contributed by atoms with van der Waals surface area (Å²) >= 11 is 0. The molecule has 2 amide bonds. The number of nitrogens with one attached hydrogen (secondary N) is 1. The van der Waals surface area contributed by atoms with Crippen LogP contribution in [0.2, 0.25) is 0 Å². The minimum Gasteiger partial charge on any atom is -0.497 e. The van der Waals surface area contributed by atoms with Crippen molar-refractivity contribution in [3.63, 3.8) is 0 Å². The highest BCUT2D eigenvalue weighted by Gasteiger charge is 2.31. The first-order valence-corrected chi connectivity index (χ1v) is 11.3. The number of rotatable bonds is 4. The number of hydrogen-bond acceptors (Lipinski definition) is 3. The van der Waals surface area contributed by atoms with Crippen molar-refractivity contribution in [2.24, 2.45) is 0 Å². The lowest BCUT2D eigenvalue weighted by molar-refractivity contribution is 0.176. The summed E-state index contributed by atoms with van der Waals surface area (Å²) in [5.41, 5.74) is 4.10. The molecule has 1 heterocycles. The maximum Gasteiger partial charge on any atom is 0.322 e. The number of carbonyl (C=O) groups is 1. The number of amides is 2. The molecule has 0 unspecified atom stereocenters. The number of nitrogens with zero attached hydrogens (tertiary/aromatic N) is 1. The monoisotopic (exact) mass is 420 g/mol. The second kappa shape index (κ2) is 8.71. The Labute approximate surface area is 179 Å². The summed E-state index contributed by atoms with van der Waals surface area (Å²) in [5, 5.41) is 2.99. The molecule has 4 rings (SSSR count). The average molecular weight is 421 g/mol. The van der Waals surface area contributed by atoms with Crippen molar-refractivity contribution in [2.75, 3.05) is 18.7 Å². The van der Waals surface area contributed by atoms with Crippen LogP contribution >= 0.6 is 0 Å². The number of methoxy groups -OCH3 is 1. The van der Waals surface area contributed by atoms with Gasteiger partial charge in [0.1, 0.15) is 5.75 Å². The van der Waals surface area contributed by atoms with Gasteiger partial charge in [0.2, 0.25) is 0 Å². The summed E-state index contributed by atoms with van der Waals surface area (Å²) in [6.45, 7) is 0.495. The van der Waals surface area contributed by atoms with Crippen molar-refractivity contribution in [3.05, 3.63) is 89.5 Å². The molecule has 6 heteroatoms. The molecule has 0 bridgehead atoms. The molecule has 2 atom stereocenters. The van der Waals surface area contributed by atoms with Crippen molar-refractivity contribution in [3.8, 4) is 5.75 Å². The fraction of sp³-hybridized carbons (Fsp3) is 0.208. The first-order valence-electron chi connectivity index (χ1n) is 9.77. The fourth-order valence-electron chi connectivity index (χ4n) is 3.80. The number of benzene rings is 3. The zero-order valence-corrected chi connectivity index (χ0v) is 17.8. The van der Waals surface area contributed by atoms with E-state index in [4.69, 9.17) is 4.74 Å². The highest BCUT2D eigenvalue weighted by atomic mass is 32.2. The van der Waals surface area contributed by atoms with Gasteiger partial charge >= 0.3 is 6.03 Å². The smallest absolute Gasteiger partial charge is 0.322 e. The van der Waals surface area contributed by atoms with Crippen LogP contribution < -0.4 is 10.1 Å². The number of hydrogen-bond donors (Lipinski definition) is 1. The largest absolute Gasteiger partial charge is 0.497 e. The number of fused-ring (bicyclic) bond motifs is 1. The zero-order chi connectivity index (χ0) is 21.1. The van der Waals surface area contributed by atoms with Crippen molar-refractivity contribution in [1.82, 2.24) is 4.90 Å². The normalized spacial score (nSPS) is 16.5. The Hall–Kier alpha value is -3.12. The maximum atomic E-state index is 13.3. The van der Waals surface area contributed by atoms with Crippen molar-refractivity contribution in [1.29, 1.82) is 0 Å². The van der Waals surface area contributed by atoms with Gasteiger partial charge in [0.15, 0.2) is 0 Å². The van der Waals surface area contributed by atoms with Crippen molar-refractivity contribution < 1.29 is 13.7 Å². The third-order valence-corrected chi connectivity index (χ3v) is 6.36. The van der Waals surface area contributed by atoms with E-state index in [9.17, 15) is 9.00 Å². The summed E-state index contributed by atoms with van der Waals surface area (Å²) in [4.78, 5) is 15.9. The first-order chi connectivity index (χ1) is 14.5. The molecule has 1 aliphatic heterocycles. The molecule has 5 nitrogen and oxygen atoms in total.